The number of rotatable bonds is 2. The Morgan fingerprint density at radius 3 is 2.47 bits per heavy atom. The molecule has 0 fully saturated rings. The first kappa shape index (κ1) is 15.2. The lowest BCUT2D eigenvalue weighted by Crippen LogP contribution is -2.04. The molecule has 0 aromatic carbocycles. The second-order valence-electron chi connectivity index (χ2n) is 2.56. The maximum Gasteiger partial charge on any atom is 0.224 e. The van der Waals surface area contributed by atoms with Crippen molar-refractivity contribution in [3.63, 3.8) is 0 Å². The number of imidazole rings is 1. The van der Waals surface area contributed by atoms with Crippen molar-refractivity contribution in [1.82, 2.24) is 19.9 Å². The SMILES string of the molecule is CC.CC.CCNc1nc(N)nc2nc[nH]c12. The molecule has 0 saturated carbocycles. The minimum atomic E-state index is 0.232. The molecule has 2 heterocycles. The van der Waals surface area contributed by atoms with Gasteiger partial charge in [-0.2, -0.15) is 9.97 Å². The largest absolute Gasteiger partial charge is 0.368 e. The first-order valence-electron chi connectivity index (χ1n) is 6.01. The molecule has 6 nitrogen and oxygen atoms in total. The number of hydrogen-bond donors (Lipinski definition) is 3. The van der Waals surface area contributed by atoms with E-state index in [0.717, 1.165) is 12.1 Å². The van der Waals surface area contributed by atoms with Gasteiger partial charge in [-0.1, -0.05) is 27.7 Å². The van der Waals surface area contributed by atoms with Crippen molar-refractivity contribution in [2.75, 3.05) is 17.6 Å². The van der Waals surface area contributed by atoms with Crippen molar-refractivity contribution in [2.45, 2.75) is 34.6 Å². The molecule has 0 unspecified atom stereocenters. The van der Waals surface area contributed by atoms with E-state index in [1.807, 2.05) is 34.6 Å². The van der Waals surface area contributed by atoms with E-state index in [-0.39, 0.29) is 5.95 Å². The summed E-state index contributed by atoms with van der Waals surface area (Å²) >= 11 is 0. The van der Waals surface area contributed by atoms with Gasteiger partial charge in [0.05, 0.1) is 6.33 Å². The van der Waals surface area contributed by atoms with Crippen LogP contribution < -0.4 is 11.1 Å². The molecule has 17 heavy (non-hydrogen) atoms. The van der Waals surface area contributed by atoms with Gasteiger partial charge in [-0.25, -0.2) is 4.98 Å². The van der Waals surface area contributed by atoms with E-state index in [4.69, 9.17) is 5.73 Å². The first-order chi connectivity index (χ1) is 8.31. The molecule has 0 saturated heterocycles. The summed E-state index contributed by atoms with van der Waals surface area (Å²) in [6.07, 6.45) is 1.57. The van der Waals surface area contributed by atoms with Crippen LogP contribution in [0.3, 0.4) is 0 Å². The average molecular weight is 238 g/mol. The number of aromatic nitrogens is 4. The summed E-state index contributed by atoms with van der Waals surface area (Å²) in [5.41, 5.74) is 6.87. The number of nitrogens with one attached hydrogen (secondary N) is 2. The van der Waals surface area contributed by atoms with Gasteiger partial charge >= 0.3 is 0 Å². The van der Waals surface area contributed by atoms with Crippen LogP contribution in [0, 0.1) is 0 Å². The van der Waals surface area contributed by atoms with E-state index in [1.54, 1.807) is 6.33 Å². The second-order valence-corrected chi connectivity index (χ2v) is 2.56. The van der Waals surface area contributed by atoms with E-state index in [1.165, 1.54) is 0 Å². The molecule has 0 spiro atoms. The van der Waals surface area contributed by atoms with Gasteiger partial charge in [0.25, 0.3) is 0 Å². The molecule has 4 N–H and O–H groups in total. The normalized spacial score (nSPS) is 8.76. The zero-order valence-electron chi connectivity index (χ0n) is 11.2. The third kappa shape index (κ3) is 3.90. The van der Waals surface area contributed by atoms with Crippen molar-refractivity contribution >= 4 is 22.9 Å². The van der Waals surface area contributed by atoms with Crippen molar-refractivity contribution in [3.8, 4) is 0 Å². The molecule has 0 aliphatic rings. The Morgan fingerprint density at radius 1 is 1.24 bits per heavy atom. The summed E-state index contributed by atoms with van der Waals surface area (Å²) in [6.45, 7) is 10.8. The highest BCUT2D eigenvalue weighted by Crippen LogP contribution is 2.16. The molecule has 0 atom stereocenters. The zero-order chi connectivity index (χ0) is 13.3. The quantitative estimate of drug-likeness (QED) is 0.747. The Morgan fingerprint density at radius 2 is 1.88 bits per heavy atom. The molecular formula is C11H22N6. The zero-order valence-corrected chi connectivity index (χ0v) is 11.2. The summed E-state index contributed by atoms with van der Waals surface area (Å²) in [7, 11) is 0. The lowest BCUT2D eigenvalue weighted by Gasteiger charge is -2.02. The maximum atomic E-state index is 5.50. The molecule has 2 aromatic heterocycles. The third-order valence-corrected chi connectivity index (χ3v) is 1.65. The molecule has 6 heteroatoms. The summed E-state index contributed by atoms with van der Waals surface area (Å²) < 4.78 is 0. The maximum absolute atomic E-state index is 5.50. The number of nitrogens with zero attached hydrogens (tertiary/aromatic N) is 3. The highest BCUT2D eigenvalue weighted by atomic mass is 15.1. The number of hydrogen-bond acceptors (Lipinski definition) is 5. The van der Waals surface area contributed by atoms with Gasteiger partial charge in [0.2, 0.25) is 5.95 Å². The molecule has 2 rings (SSSR count). The first-order valence-corrected chi connectivity index (χ1v) is 6.01. The number of H-pyrrole nitrogens is 1. The highest BCUT2D eigenvalue weighted by molar-refractivity contribution is 5.83. The summed E-state index contributed by atoms with van der Waals surface area (Å²) in [5, 5.41) is 3.08. The number of aromatic amines is 1. The van der Waals surface area contributed by atoms with Crippen LogP contribution in [-0.4, -0.2) is 26.5 Å². The average Bonchev–Trinajstić information content (AvgIpc) is 2.82. The molecule has 0 radical (unpaired) electrons. The predicted molar refractivity (Wildman–Crippen MR) is 73.0 cm³/mol. The van der Waals surface area contributed by atoms with Crippen molar-refractivity contribution in [1.29, 1.82) is 0 Å². The van der Waals surface area contributed by atoms with Crippen molar-refractivity contribution < 1.29 is 0 Å². The second kappa shape index (κ2) is 8.32. The molecule has 0 aliphatic carbocycles. The molecular weight excluding hydrogens is 216 g/mol. The topological polar surface area (TPSA) is 92.5 Å². The minimum absolute atomic E-state index is 0.232. The Kier molecular flexibility index (Phi) is 7.41. The van der Waals surface area contributed by atoms with E-state index in [2.05, 4.69) is 25.3 Å². The molecule has 96 valence electrons. The van der Waals surface area contributed by atoms with E-state index in [9.17, 15) is 0 Å². The van der Waals surface area contributed by atoms with Gasteiger partial charge in [-0.05, 0) is 6.92 Å². The fourth-order valence-corrected chi connectivity index (χ4v) is 1.15. The fourth-order valence-electron chi connectivity index (χ4n) is 1.15. The van der Waals surface area contributed by atoms with Crippen LogP contribution >= 0.6 is 0 Å². The number of nitrogens with two attached hydrogens (primary N) is 1. The van der Waals surface area contributed by atoms with Gasteiger partial charge < -0.3 is 16.0 Å². The summed E-state index contributed by atoms with van der Waals surface area (Å²) in [5.74, 6) is 0.929. The Bertz CT molecular complexity index is 423. The number of fused-ring (bicyclic) bond motifs is 1. The van der Waals surface area contributed by atoms with Gasteiger partial charge in [0, 0.05) is 6.54 Å². The monoisotopic (exact) mass is 238 g/mol. The predicted octanol–water partition coefficient (Wildman–Crippen LogP) is 2.42. The van der Waals surface area contributed by atoms with Crippen molar-refractivity contribution in [3.05, 3.63) is 6.33 Å². The number of nitrogen functional groups attached to an aromatic ring is 1. The highest BCUT2D eigenvalue weighted by Gasteiger charge is 2.06. The van der Waals surface area contributed by atoms with Crippen LogP contribution in [0.5, 0.6) is 0 Å². The summed E-state index contributed by atoms with van der Waals surface area (Å²) in [6, 6.07) is 0. The van der Waals surface area contributed by atoms with Crippen LogP contribution in [-0.2, 0) is 0 Å². The summed E-state index contributed by atoms with van der Waals surface area (Å²) in [4.78, 5) is 15.0. The van der Waals surface area contributed by atoms with E-state index < -0.39 is 0 Å². The van der Waals surface area contributed by atoms with Crippen LogP contribution in [0.2, 0.25) is 0 Å². The molecule has 2 aromatic rings. The standard InChI is InChI=1S/C7H10N6.2C2H6/c1-2-9-5-4-6(11-3-10-4)13-7(8)12-5;2*1-2/h3H,2H2,1H3,(H4,8,9,10,11,12,13);2*1-2H3. The Balaban J connectivity index is 0.000000581. The fraction of sp³-hybridized carbons (Fsp3) is 0.545. The lowest BCUT2D eigenvalue weighted by molar-refractivity contribution is 1.14. The molecule has 0 bridgehead atoms. The van der Waals surface area contributed by atoms with Gasteiger partial charge in [0.15, 0.2) is 11.5 Å². The van der Waals surface area contributed by atoms with Crippen LogP contribution in [0.15, 0.2) is 6.33 Å². The van der Waals surface area contributed by atoms with Crippen LogP contribution in [0.25, 0.3) is 11.2 Å². The third-order valence-electron chi connectivity index (χ3n) is 1.65. The number of anilines is 2. The van der Waals surface area contributed by atoms with Gasteiger partial charge in [0.1, 0.15) is 5.52 Å². The van der Waals surface area contributed by atoms with Crippen LogP contribution in [0.4, 0.5) is 11.8 Å². The Labute approximate surface area is 102 Å². The Hall–Kier alpha value is -1.85. The minimum Gasteiger partial charge on any atom is -0.368 e. The van der Waals surface area contributed by atoms with Crippen molar-refractivity contribution in [2.24, 2.45) is 0 Å². The van der Waals surface area contributed by atoms with Crippen LogP contribution in [0.1, 0.15) is 34.6 Å². The molecule has 0 amide bonds. The van der Waals surface area contributed by atoms with E-state index >= 15 is 0 Å². The lowest BCUT2D eigenvalue weighted by atomic mass is 10.5. The smallest absolute Gasteiger partial charge is 0.224 e. The van der Waals surface area contributed by atoms with E-state index in [0.29, 0.717) is 11.5 Å². The van der Waals surface area contributed by atoms with Gasteiger partial charge in [-0.3, -0.25) is 0 Å². The van der Waals surface area contributed by atoms with Gasteiger partial charge in [-0.15, -0.1) is 0 Å². The molecule has 0 aliphatic heterocycles.